The van der Waals surface area contributed by atoms with Gasteiger partial charge in [-0.15, -0.1) is 0 Å². The average Bonchev–Trinajstić information content (AvgIpc) is 2.13. The molecule has 15 heavy (non-hydrogen) atoms. The topological polar surface area (TPSA) is 20.2 Å². The summed E-state index contributed by atoms with van der Waals surface area (Å²) < 4.78 is 0. The first-order valence-corrected chi connectivity index (χ1v) is 5.82. The molecule has 0 atom stereocenters. The zero-order valence-corrected chi connectivity index (χ0v) is 10.9. The molecule has 0 saturated heterocycles. The number of hydrogen-bond acceptors (Lipinski definition) is 1. The van der Waals surface area contributed by atoms with Gasteiger partial charge in [0.05, 0.1) is 5.02 Å². The van der Waals surface area contributed by atoms with Gasteiger partial charge < -0.3 is 5.11 Å². The lowest BCUT2D eigenvalue weighted by Crippen LogP contribution is -1.96. The molecule has 0 aliphatic heterocycles. The third-order valence-corrected chi connectivity index (χ3v) is 3.35. The molecule has 0 aliphatic carbocycles. The Bertz CT molecular complexity index is 338. The summed E-state index contributed by atoms with van der Waals surface area (Å²) in [6.07, 6.45) is 0. The maximum Gasteiger partial charge on any atom is 0.139 e. The summed E-state index contributed by atoms with van der Waals surface area (Å²) in [5.41, 5.74) is 1.84. The Labute approximate surface area is 101 Å². The highest BCUT2D eigenvalue weighted by atomic mass is 35.5. The van der Waals surface area contributed by atoms with Crippen LogP contribution >= 0.6 is 23.2 Å². The summed E-state index contributed by atoms with van der Waals surface area (Å²) in [5, 5.41) is 10.6. The van der Waals surface area contributed by atoms with Crippen molar-refractivity contribution >= 4 is 23.2 Å². The molecule has 3 heteroatoms. The molecule has 84 valence electrons. The van der Waals surface area contributed by atoms with Crippen LogP contribution in [0.3, 0.4) is 0 Å². The van der Waals surface area contributed by atoms with Gasteiger partial charge in [-0.05, 0) is 23.0 Å². The van der Waals surface area contributed by atoms with E-state index < -0.39 is 0 Å². The zero-order valence-electron chi connectivity index (χ0n) is 9.44. The lowest BCUT2D eigenvalue weighted by molar-refractivity contribution is 0.464. The number of aromatic hydroxyl groups is 1. The van der Waals surface area contributed by atoms with Crippen LogP contribution < -0.4 is 0 Å². The van der Waals surface area contributed by atoms with Crippen LogP contribution in [0, 0.1) is 0 Å². The smallest absolute Gasteiger partial charge is 0.139 e. The van der Waals surface area contributed by atoms with Crippen LogP contribution in [0.5, 0.6) is 5.75 Å². The molecule has 0 unspecified atom stereocenters. The Morgan fingerprint density at radius 2 is 1.40 bits per heavy atom. The van der Waals surface area contributed by atoms with Crippen LogP contribution in [0.1, 0.15) is 50.7 Å². The number of phenolic OH excluding ortho intramolecular Hbond substituents is 1. The van der Waals surface area contributed by atoms with Crippen molar-refractivity contribution in [2.45, 2.75) is 39.5 Å². The number of benzene rings is 1. The molecule has 0 spiro atoms. The maximum atomic E-state index is 9.84. The lowest BCUT2D eigenvalue weighted by Gasteiger charge is -2.16. The molecular weight excluding hydrogens is 231 g/mol. The van der Waals surface area contributed by atoms with E-state index >= 15 is 0 Å². The fraction of sp³-hybridized carbons (Fsp3) is 0.500. The summed E-state index contributed by atoms with van der Waals surface area (Å²) in [6.45, 7) is 8.14. The molecule has 1 aromatic carbocycles. The normalized spacial score (nSPS) is 11.5. The highest BCUT2D eigenvalue weighted by Gasteiger charge is 2.18. The average molecular weight is 247 g/mol. The minimum Gasteiger partial charge on any atom is -0.506 e. The second kappa shape index (κ2) is 4.63. The molecule has 1 aromatic rings. The van der Waals surface area contributed by atoms with Crippen molar-refractivity contribution < 1.29 is 5.11 Å². The van der Waals surface area contributed by atoms with E-state index in [0.29, 0.717) is 10.9 Å². The van der Waals surface area contributed by atoms with Crippen LogP contribution in [-0.2, 0) is 0 Å². The molecule has 0 bridgehead atoms. The summed E-state index contributed by atoms with van der Waals surface area (Å²) in [6, 6.07) is 1.94. The third-order valence-electron chi connectivity index (χ3n) is 2.48. The standard InChI is InChI=1S/C12H16Cl2O/c1-6(2)8-5-9(7(3)4)12(15)11(14)10(8)13/h5-7,15H,1-4H3. The van der Waals surface area contributed by atoms with Crippen molar-refractivity contribution in [3.63, 3.8) is 0 Å². The molecule has 0 saturated carbocycles. The highest BCUT2D eigenvalue weighted by molar-refractivity contribution is 6.43. The fourth-order valence-electron chi connectivity index (χ4n) is 1.52. The van der Waals surface area contributed by atoms with Crippen molar-refractivity contribution in [2.24, 2.45) is 0 Å². The van der Waals surface area contributed by atoms with E-state index in [1.54, 1.807) is 0 Å². The summed E-state index contributed by atoms with van der Waals surface area (Å²) in [7, 11) is 0. The molecule has 1 rings (SSSR count). The summed E-state index contributed by atoms with van der Waals surface area (Å²) >= 11 is 12.1. The van der Waals surface area contributed by atoms with E-state index in [1.807, 2.05) is 19.9 Å². The Balaban J connectivity index is 3.45. The van der Waals surface area contributed by atoms with Crippen LogP contribution in [0.15, 0.2) is 6.07 Å². The van der Waals surface area contributed by atoms with Gasteiger partial charge in [0, 0.05) is 0 Å². The Kier molecular flexibility index (Phi) is 3.91. The number of phenols is 1. The molecule has 0 aromatic heterocycles. The minimum absolute atomic E-state index is 0.112. The molecule has 0 radical (unpaired) electrons. The monoisotopic (exact) mass is 246 g/mol. The van der Waals surface area contributed by atoms with Gasteiger partial charge in [0.25, 0.3) is 0 Å². The SMILES string of the molecule is CC(C)c1cc(C(C)C)c(Cl)c(Cl)c1O. The Morgan fingerprint density at radius 1 is 0.933 bits per heavy atom. The minimum atomic E-state index is 0.112. The quantitative estimate of drug-likeness (QED) is 0.784. The lowest BCUT2D eigenvalue weighted by atomic mass is 9.95. The van der Waals surface area contributed by atoms with Gasteiger partial charge in [-0.3, -0.25) is 0 Å². The Morgan fingerprint density at radius 3 is 1.80 bits per heavy atom. The predicted octanol–water partition coefficient (Wildman–Crippen LogP) is 4.95. The van der Waals surface area contributed by atoms with Crippen molar-refractivity contribution in [1.82, 2.24) is 0 Å². The van der Waals surface area contributed by atoms with Gasteiger partial charge in [0.1, 0.15) is 10.8 Å². The van der Waals surface area contributed by atoms with E-state index in [1.165, 1.54) is 0 Å². The van der Waals surface area contributed by atoms with Crippen molar-refractivity contribution in [2.75, 3.05) is 0 Å². The van der Waals surface area contributed by atoms with Gasteiger partial charge in [-0.25, -0.2) is 0 Å². The zero-order chi connectivity index (χ0) is 11.7. The molecule has 0 fully saturated rings. The second-order valence-electron chi connectivity index (χ2n) is 4.34. The first-order chi connectivity index (χ1) is 6.86. The van der Waals surface area contributed by atoms with Crippen LogP contribution in [0.25, 0.3) is 0 Å². The largest absolute Gasteiger partial charge is 0.506 e. The van der Waals surface area contributed by atoms with Gasteiger partial charge >= 0.3 is 0 Å². The van der Waals surface area contributed by atoms with Crippen molar-refractivity contribution in [3.05, 3.63) is 27.2 Å². The fourth-order valence-corrected chi connectivity index (χ4v) is 2.10. The summed E-state index contributed by atoms with van der Waals surface area (Å²) in [4.78, 5) is 0. The number of hydrogen-bond donors (Lipinski definition) is 1. The second-order valence-corrected chi connectivity index (χ2v) is 5.10. The summed E-state index contributed by atoms with van der Waals surface area (Å²) in [5.74, 6) is 0.645. The molecular formula is C12H16Cl2O. The van der Waals surface area contributed by atoms with Crippen LogP contribution in [-0.4, -0.2) is 5.11 Å². The maximum absolute atomic E-state index is 9.84. The van der Waals surface area contributed by atoms with E-state index in [2.05, 4.69) is 13.8 Å². The molecule has 0 aliphatic rings. The molecule has 0 heterocycles. The molecule has 1 N–H and O–H groups in total. The highest BCUT2D eigenvalue weighted by Crippen LogP contribution is 2.42. The van der Waals surface area contributed by atoms with E-state index in [0.717, 1.165) is 11.1 Å². The van der Waals surface area contributed by atoms with Crippen LogP contribution in [0.2, 0.25) is 10.0 Å². The van der Waals surface area contributed by atoms with E-state index in [9.17, 15) is 5.11 Å². The third kappa shape index (κ3) is 2.40. The van der Waals surface area contributed by atoms with Gasteiger partial charge in [-0.1, -0.05) is 57.0 Å². The molecule has 1 nitrogen and oxygen atoms in total. The predicted molar refractivity (Wildman–Crippen MR) is 66.3 cm³/mol. The number of rotatable bonds is 2. The van der Waals surface area contributed by atoms with E-state index in [-0.39, 0.29) is 16.7 Å². The van der Waals surface area contributed by atoms with Crippen LogP contribution in [0.4, 0.5) is 0 Å². The van der Waals surface area contributed by atoms with Crippen molar-refractivity contribution in [3.8, 4) is 5.75 Å². The molecule has 0 amide bonds. The Hall–Kier alpha value is -0.400. The van der Waals surface area contributed by atoms with E-state index in [4.69, 9.17) is 23.2 Å². The number of halogens is 2. The van der Waals surface area contributed by atoms with Gasteiger partial charge in [0.2, 0.25) is 0 Å². The van der Waals surface area contributed by atoms with Crippen molar-refractivity contribution in [1.29, 1.82) is 0 Å². The van der Waals surface area contributed by atoms with Gasteiger partial charge in [0.15, 0.2) is 0 Å². The first-order valence-electron chi connectivity index (χ1n) is 5.07. The first kappa shape index (κ1) is 12.7. The van der Waals surface area contributed by atoms with Gasteiger partial charge in [-0.2, -0.15) is 0 Å².